The second-order valence-corrected chi connectivity index (χ2v) is 6.67. The maximum atomic E-state index is 12.7. The molecule has 0 saturated heterocycles. The SMILES string of the molecule is CCOC(=O)/C=c1/s/c(=C/c2ccc3c(c2)OCCO3)c(=O)n1CC(N)=O. The maximum absolute atomic E-state index is 12.7. The number of benzene rings is 1. The minimum atomic E-state index is -0.681. The molecule has 1 amide bonds. The number of nitrogens with zero attached hydrogens (tertiary/aromatic N) is 1. The monoisotopic (exact) mass is 390 g/mol. The maximum Gasteiger partial charge on any atom is 0.333 e. The highest BCUT2D eigenvalue weighted by molar-refractivity contribution is 7.07. The lowest BCUT2D eigenvalue weighted by Crippen LogP contribution is -2.36. The van der Waals surface area contributed by atoms with Gasteiger partial charge in [0.1, 0.15) is 24.4 Å². The van der Waals surface area contributed by atoms with Crippen LogP contribution < -0.4 is 30.0 Å². The summed E-state index contributed by atoms with van der Waals surface area (Å²) in [6, 6.07) is 5.32. The molecule has 9 heteroatoms. The number of rotatable bonds is 5. The van der Waals surface area contributed by atoms with Crippen LogP contribution in [0, 0.1) is 0 Å². The predicted octanol–water partition coefficient (Wildman–Crippen LogP) is -0.661. The predicted molar refractivity (Wildman–Crippen MR) is 99.1 cm³/mol. The molecule has 8 nitrogen and oxygen atoms in total. The van der Waals surface area contributed by atoms with Crippen molar-refractivity contribution in [1.29, 1.82) is 0 Å². The molecule has 2 aromatic rings. The lowest BCUT2D eigenvalue weighted by Gasteiger charge is -2.18. The molecule has 1 aliphatic heterocycles. The molecule has 0 fully saturated rings. The highest BCUT2D eigenvalue weighted by Gasteiger charge is 2.12. The Balaban J connectivity index is 2.09. The Hall–Kier alpha value is -3.07. The molecule has 2 heterocycles. The summed E-state index contributed by atoms with van der Waals surface area (Å²) in [6.45, 7) is 2.51. The molecule has 0 bridgehead atoms. The number of amides is 1. The lowest BCUT2D eigenvalue weighted by atomic mass is 10.2. The first-order valence-electron chi connectivity index (χ1n) is 8.25. The van der Waals surface area contributed by atoms with Crippen molar-refractivity contribution in [3.63, 3.8) is 0 Å². The van der Waals surface area contributed by atoms with E-state index >= 15 is 0 Å². The lowest BCUT2D eigenvalue weighted by molar-refractivity contribution is -0.135. The van der Waals surface area contributed by atoms with E-state index in [-0.39, 0.29) is 13.2 Å². The van der Waals surface area contributed by atoms with Gasteiger partial charge in [-0.1, -0.05) is 6.07 Å². The largest absolute Gasteiger partial charge is 0.486 e. The number of esters is 1. The van der Waals surface area contributed by atoms with Crippen LogP contribution in [0.5, 0.6) is 11.5 Å². The molecular formula is C18H18N2O6S. The molecule has 3 rings (SSSR count). The molecular weight excluding hydrogens is 372 g/mol. The van der Waals surface area contributed by atoms with Gasteiger partial charge in [0, 0.05) is 0 Å². The highest BCUT2D eigenvalue weighted by Crippen LogP contribution is 2.30. The number of fused-ring (bicyclic) bond motifs is 1. The van der Waals surface area contributed by atoms with Crippen LogP contribution in [0.2, 0.25) is 0 Å². The second kappa shape index (κ2) is 8.09. The molecule has 0 unspecified atom stereocenters. The topological polar surface area (TPSA) is 110 Å². The van der Waals surface area contributed by atoms with Crippen LogP contribution in [0.1, 0.15) is 12.5 Å². The van der Waals surface area contributed by atoms with Crippen LogP contribution in [0.25, 0.3) is 12.2 Å². The van der Waals surface area contributed by atoms with E-state index in [0.717, 1.165) is 21.5 Å². The summed E-state index contributed by atoms with van der Waals surface area (Å²) in [6.07, 6.45) is 2.84. The van der Waals surface area contributed by atoms with Crippen molar-refractivity contribution in [2.45, 2.75) is 13.5 Å². The quantitative estimate of drug-likeness (QED) is 0.679. The van der Waals surface area contributed by atoms with Gasteiger partial charge in [0.15, 0.2) is 11.5 Å². The van der Waals surface area contributed by atoms with Gasteiger partial charge in [0.25, 0.3) is 5.56 Å². The van der Waals surface area contributed by atoms with E-state index in [4.69, 9.17) is 19.9 Å². The number of hydrogen-bond donors (Lipinski definition) is 1. The van der Waals surface area contributed by atoms with Crippen LogP contribution in [-0.4, -0.2) is 36.3 Å². The van der Waals surface area contributed by atoms with E-state index in [2.05, 4.69) is 0 Å². The smallest absolute Gasteiger partial charge is 0.333 e. The van der Waals surface area contributed by atoms with Crippen molar-refractivity contribution in [3.8, 4) is 11.5 Å². The molecule has 27 heavy (non-hydrogen) atoms. The zero-order chi connectivity index (χ0) is 19.4. The standard InChI is InChI=1S/C18H18N2O6S/c1-2-24-17(22)9-16-20(10-15(19)21)18(23)14(27-16)8-11-3-4-12-13(7-11)26-6-5-25-12/h3-4,7-9H,2,5-6,10H2,1H3,(H2,19,21)/b14-8+,16-9+. The van der Waals surface area contributed by atoms with Crippen LogP contribution in [0.4, 0.5) is 0 Å². The van der Waals surface area contributed by atoms with Crippen molar-refractivity contribution in [2.24, 2.45) is 5.73 Å². The Morgan fingerprint density at radius 2 is 2.04 bits per heavy atom. The zero-order valence-electron chi connectivity index (χ0n) is 14.6. The van der Waals surface area contributed by atoms with E-state index in [9.17, 15) is 14.4 Å². The van der Waals surface area contributed by atoms with Crippen molar-refractivity contribution < 1.29 is 23.8 Å². The Labute approximate surface area is 158 Å². The molecule has 0 radical (unpaired) electrons. The molecule has 142 valence electrons. The Morgan fingerprint density at radius 3 is 2.74 bits per heavy atom. The molecule has 0 saturated carbocycles. The number of thiazole rings is 1. The first-order valence-corrected chi connectivity index (χ1v) is 9.07. The Kier molecular flexibility index (Phi) is 5.60. The minimum Gasteiger partial charge on any atom is -0.486 e. The number of carbonyl (C=O) groups excluding carboxylic acids is 2. The molecule has 0 spiro atoms. The van der Waals surface area contributed by atoms with Crippen LogP contribution >= 0.6 is 11.3 Å². The summed E-state index contributed by atoms with van der Waals surface area (Å²) in [4.78, 5) is 35.7. The number of nitrogens with two attached hydrogens (primary N) is 1. The first-order chi connectivity index (χ1) is 13.0. The zero-order valence-corrected chi connectivity index (χ0v) is 15.4. The summed E-state index contributed by atoms with van der Waals surface area (Å²) in [5.74, 6) is -0.0310. The van der Waals surface area contributed by atoms with Gasteiger partial charge >= 0.3 is 5.97 Å². The van der Waals surface area contributed by atoms with Crippen molar-refractivity contribution in [3.05, 3.63) is 43.3 Å². The van der Waals surface area contributed by atoms with Gasteiger partial charge in [-0.3, -0.25) is 14.2 Å². The van der Waals surface area contributed by atoms with Gasteiger partial charge in [-0.2, -0.15) is 0 Å². The third kappa shape index (κ3) is 4.37. The molecule has 0 atom stereocenters. The first kappa shape index (κ1) is 18.7. The van der Waals surface area contributed by atoms with E-state index in [1.54, 1.807) is 31.2 Å². The highest BCUT2D eigenvalue weighted by atomic mass is 32.1. The molecule has 1 aromatic carbocycles. The molecule has 0 aliphatic carbocycles. The van der Waals surface area contributed by atoms with Gasteiger partial charge in [0.2, 0.25) is 5.91 Å². The minimum absolute atomic E-state index is 0.205. The second-order valence-electron chi connectivity index (χ2n) is 5.61. The van der Waals surface area contributed by atoms with Crippen LogP contribution in [0.3, 0.4) is 0 Å². The van der Waals surface area contributed by atoms with Crippen molar-refractivity contribution >= 4 is 35.4 Å². The number of aromatic nitrogens is 1. The van der Waals surface area contributed by atoms with Crippen LogP contribution in [-0.2, 0) is 20.9 Å². The third-order valence-electron chi connectivity index (χ3n) is 3.64. The number of hydrogen-bond acceptors (Lipinski definition) is 7. The van der Waals surface area contributed by atoms with Gasteiger partial charge < -0.3 is 19.9 Å². The van der Waals surface area contributed by atoms with Gasteiger partial charge in [-0.25, -0.2) is 4.79 Å². The summed E-state index contributed by atoms with van der Waals surface area (Å²) < 4.78 is 17.7. The summed E-state index contributed by atoms with van der Waals surface area (Å²) in [7, 11) is 0. The van der Waals surface area contributed by atoms with Crippen LogP contribution in [0.15, 0.2) is 23.0 Å². The van der Waals surface area contributed by atoms with Gasteiger partial charge in [-0.15, -0.1) is 11.3 Å². The third-order valence-corrected chi connectivity index (χ3v) is 4.70. The fourth-order valence-corrected chi connectivity index (χ4v) is 3.57. The van der Waals surface area contributed by atoms with E-state index in [0.29, 0.717) is 33.9 Å². The van der Waals surface area contributed by atoms with E-state index in [1.165, 1.54) is 6.08 Å². The number of primary amides is 1. The number of ether oxygens (including phenoxy) is 3. The van der Waals surface area contributed by atoms with Crippen molar-refractivity contribution in [1.82, 2.24) is 4.57 Å². The number of carbonyl (C=O) groups is 2. The Morgan fingerprint density at radius 1 is 1.30 bits per heavy atom. The fraction of sp³-hybridized carbons (Fsp3) is 0.278. The normalized spacial score (nSPS) is 14.3. The van der Waals surface area contributed by atoms with Gasteiger partial charge in [-0.05, 0) is 30.7 Å². The molecule has 2 N–H and O–H groups in total. The average Bonchev–Trinajstić information content (AvgIpc) is 2.90. The van der Waals surface area contributed by atoms with Gasteiger partial charge in [0.05, 0.1) is 17.2 Å². The Bertz CT molecular complexity index is 1050. The average molecular weight is 390 g/mol. The molecule has 1 aromatic heterocycles. The van der Waals surface area contributed by atoms with Crippen molar-refractivity contribution in [2.75, 3.05) is 19.8 Å². The fourth-order valence-electron chi connectivity index (χ4n) is 2.53. The summed E-state index contributed by atoms with van der Waals surface area (Å²) in [5.41, 5.74) is 5.54. The summed E-state index contributed by atoms with van der Waals surface area (Å²) in [5, 5.41) is 0. The van der Waals surface area contributed by atoms with E-state index < -0.39 is 17.4 Å². The summed E-state index contributed by atoms with van der Waals surface area (Å²) >= 11 is 1.07. The van der Waals surface area contributed by atoms with E-state index in [1.807, 2.05) is 0 Å². The molecule has 1 aliphatic rings.